The highest BCUT2D eigenvalue weighted by Gasteiger charge is 2.11. The SMILES string of the molecule is COc1ccc(CNc2ccc(N)cc2C(=N)C(C)C)cc1. The molecule has 4 heteroatoms. The lowest BCUT2D eigenvalue weighted by Gasteiger charge is -2.16. The Balaban J connectivity index is 2.16. The first-order valence-electron chi connectivity index (χ1n) is 7.36. The predicted molar refractivity (Wildman–Crippen MR) is 92.8 cm³/mol. The van der Waals surface area contributed by atoms with Gasteiger partial charge in [0.15, 0.2) is 0 Å². The van der Waals surface area contributed by atoms with Gasteiger partial charge in [-0.1, -0.05) is 26.0 Å². The lowest BCUT2D eigenvalue weighted by Crippen LogP contribution is -2.12. The number of anilines is 2. The lowest BCUT2D eigenvalue weighted by atomic mass is 9.98. The van der Waals surface area contributed by atoms with Gasteiger partial charge in [-0.15, -0.1) is 0 Å². The van der Waals surface area contributed by atoms with Crippen LogP contribution in [-0.4, -0.2) is 12.8 Å². The fourth-order valence-electron chi connectivity index (χ4n) is 2.19. The summed E-state index contributed by atoms with van der Waals surface area (Å²) in [6.07, 6.45) is 0. The van der Waals surface area contributed by atoms with Crippen LogP contribution in [0.3, 0.4) is 0 Å². The molecule has 0 bridgehead atoms. The molecule has 4 nitrogen and oxygen atoms in total. The summed E-state index contributed by atoms with van der Waals surface area (Å²) in [5.41, 5.74) is 10.1. The molecule has 0 aliphatic rings. The molecule has 0 amide bonds. The van der Waals surface area contributed by atoms with Crippen molar-refractivity contribution in [1.29, 1.82) is 5.41 Å². The quantitative estimate of drug-likeness (QED) is 0.559. The number of nitrogens with two attached hydrogens (primary N) is 1. The van der Waals surface area contributed by atoms with Crippen LogP contribution < -0.4 is 15.8 Å². The highest BCUT2D eigenvalue weighted by Crippen LogP contribution is 2.23. The Hall–Kier alpha value is -2.49. The first kappa shape index (κ1) is 15.9. The van der Waals surface area contributed by atoms with Crippen molar-refractivity contribution < 1.29 is 4.74 Å². The van der Waals surface area contributed by atoms with E-state index in [-0.39, 0.29) is 5.92 Å². The summed E-state index contributed by atoms with van der Waals surface area (Å²) in [5.74, 6) is 1.00. The molecule has 0 heterocycles. The summed E-state index contributed by atoms with van der Waals surface area (Å²) in [7, 11) is 1.66. The Kier molecular flexibility index (Phi) is 5.04. The molecule has 0 aliphatic heterocycles. The second-order valence-electron chi connectivity index (χ2n) is 5.58. The molecule has 0 saturated carbocycles. The van der Waals surface area contributed by atoms with E-state index in [1.54, 1.807) is 7.11 Å². The monoisotopic (exact) mass is 297 g/mol. The van der Waals surface area contributed by atoms with E-state index in [1.807, 2.05) is 56.3 Å². The van der Waals surface area contributed by atoms with Gasteiger partial charge in [0, 0.05) is 29.2 Å². The first-order chi connectivity index (χ1) is 10.5. The van der Waals surface area contributed by atoms with E-state index in [0.29, 0.717) is 17.9 Å². The van der Waals surface area contributed by atoms with Gasteiger partial charge in [-0.2, -0.15) is 0 Å². The molecule has 2 aromatic rings. The maximum atomic E-state index is 8.25. The number of nitrogen functional groups attached to an aromatic ring is 1. The third kappa shape index (κ3) is 3.79. The average Bonchev–Trinajstić information content (AvgIpc) is 2.53. The van der Waals surface area contributed by atoms with E-state index in [9.17, 15) is 0 Å². The molecular formula is C18H23N3O. The average molecular weight is 297 g/mol. The van der Waals surface area contributed by atoms with Crippen LogP contribution in [0.15, 0.2) is 42.5 Å². The summed E-state index contributed by atoms with van der Waals surface area (Å²) in [5, 5.41) is 11.6. The third-order valence-electron chi connectivity index (χ3n) is 3.55. The Morgan fingerprint density at radius 1 is 1.18 bits per heavy atom. The molecule has 2 rings (SSSR count). The maximum Gasteiger partial charge on any atom is 0.118 e. The largest absolute Gasteiger partial charge is 0.497 e. The van der Waals surface area contributed by atoms with Gasteiger partial charge in [0.25, 0.3) is 0 Å². The van der Waals surface area contributed by atoms with Crippen LogP contribution in [0.2, 0.25) is 0 Å². The standard InChI is InChI=1S/C18H23N3O/c1-12(2)18(20)16-10-14(19)6-9-17(16)21-11-13-4-7-15(22-3)8-5-13/h4-10,12,20-21H,11,19H2,1-3H3. The highest BCUT2D eigenvalue weighted by atomic mass is 16.5. The van der Waals surface area contributed by atoms with Crippen molar-refractivity contribution in [2.75, 3.05) is 18.2 Å². The van der Waals surface area contributed by atoms with Crippen molar-refractivity contribution in [1.82, 2.24) is 0 Å². The second-order valence-corrected chi connectivity index (χ2v) is 5.58. The molecule has 0 fully saturated rings. The van der Waals surface area contributed by atoms with Gasteiger partial charge in [-0.05, 0) is 41.8 Å². The Bertz CT molecular complexity index is 648. The van der Waals surface area contributed by atoms with Gasteiger partial charge in [-0.25, -0.2) is 0 Å². The van der Waals surface area contributed by atoms with Crippen LogP contribution in [0.4, 0.5) is 11.4 Å². The minimum atomic E-state index is 0.156. The maximum absolute atomic E-state index is 8.25. The molecule has 0 aromatic heterocycles. The number of ether oxygens (including phenoxy) is 1. The zero-order valence-corrected chi connectivity index (χ0v) is 13.3. The zero-order valence-electron chi connectivity index (χ0n) is 13.3. The fourth-order valence-corrected chi connectivity index (χ4v) is 2.19. The number of hydrogen-bond donors (Lipinski definition) is 3. The van der Waals surface area contributed by atoms with E-state index in [2.05, 4.69) is 5.32 Å². The van der Waals surface area contributed by atoms with Gasteiger partial charge in [0.2, 0.25) is 0 Å². The molecular weight excluding hydrogens is 274 g/mol. The topological polar surface area (TPSA) is 71.1 Å². The molecule has 22 heavy (non-hydrogen) atoms. The summed E-state index contributed by atoms with van der Waals surface area (Å²) in [6, 6.07) is 13.6. The Labute approximate surface area is 131 Å². The van der Waals surface area contributed by atoms with Crippen molar-refractivity contribution in [2.24, 2.45) is 5.92 Å². The van der Waals surface area contributed by atoms with Crippen LogP contribution in [0, 0.1) is 11.3 Å². The Morgan fingerprint density at radius 3 is 2.45 bits per heavy atom. The fraction of sp³-hybridized carbons (Fsp3) is 0.278. The lowest BCUT2D eigenvalue weighted by molar-refractivity contribution is 0.414. The number of nitrogens with one attached hydrogen (secondary N) is 2. The second kappa shape index (κ2) is 6.98. The van der Waals surface area contributed by atoms with E-state index in [0.717, 1.165) is 22.6 Å². The number of rotatable bonds is 6. The molecule has 2 aromatic carbocycles. The van der Waals surface area contributed by atoms with Gasteiger partial charge in [-0.3, -0.25) is 0 Å². The van der Waals surface area contributed by atoms with Crippen molar-refractivity contribution in [3.05, 3.63) is 53.6 Å². The molecule has 0 radical (unpaired) electrons. The van der Waals surface area contributed by atoms with Gasteiger partial charge < -0.3 is 21.2 Å². The van der Waals surface area contributed by atoms with Gasteiger partial charge >= 0.3 is 0 Å². The molecule has 0 spiro atoms. The van der Waals surface area contributed by atoms with E-state index in [4.69, 9.17) is 15.9 Å². The number of methoxy groups -OCH3 is 1. The van der Waals surface area contributed by atoms with Crippen LogP contribution in [0.5, 0.6) is 5.75 Å². The summed E-state index contributed by atoms with van der Waals surface area (Å²) in [4.78, 5) is 0. The van der Waals surface area contributed by atoms with Crippen LogP contribution in [-0.2, 0) is 6.54 Å². The Morgan fingerprint density at radius 2 is 1.86 bits per heavy atom. The third-order valence-corrected chi connectivity index (χ3v) is 3.55. The summed E-state index contributed by atoms with van der Waals surface area (Å²) >= 11 is 0. The van der Waals surface area contributed by atoms with Crippen LogP contribution in [0.1, 0.15) is 25.0 Å². The summed E-state index contributed by atoms with van der Waals surface area (Å²) in [6.45, 7) is 4.71. The molecule has 0 atom stereocenters. The molecule has 4 N–H and O–H groups in total. The van der Waals surface area contributed by atoms with Crippen molar-refractivity contribution >= 4 is 17.1 Å². The highest BCUT2D eigenvalue weighted by molar-refractivity contribution is 6.04. The van der Waals surface area contributed by atoms with E-state index in [1.165, 1.54) is 0 Å². The van der Waals surface area contributed by atoms with Gasteiger partial charge in [0.1, 0.15) is 5.75 Å². The molecule has 0 aliphatic carbocycles. The zero-order chi connectivity index (χ0) is 16.1. The van der Waals surface area contributed by atoms with Crippen LogP contribution >= 0.6 is 0 Å². The van der Waals surface area contributed by atoms with Crippen molar-refractivity contribution in [2.45, 2.75) is 20.4 Å². The minimum absolute atomic E-state index is 0.156. The number of hydrogen-bond acceptors (Lipinski definition) is 4. The van der Waals surface area contributed by atoms with E-state index >= 15 is 0 Å². The molecule has 116 valence electrons. The number of benzene rings is 2. The predicted octanol–water partition coefficient (Wildman–Crippen LogP) is 3.91. The smallest absolute Gasteiger partial charge is 0.118 e. The first-order valence-corrected chi connectivity index (χ1v) is 7.36. The van der Waals surface area contributed by atoms with Crippen molar-refractivity contribution in [3.63, 3.8) is 0 Å². The minimum Gasteiger partial charge on any atom is -0.497 e. The van der Waals surface area contributed by atoms with E-state index < -0.39 is 0 Å². The van der Waals surface area contributed by atoms with Gasteiger partial charge in [0.05, 0.1) is 7.11 Å². The normalized spacial score (nSPS) is 10.5. The summed E-state index contributed by atoms with van der Waals surface area (Å²) < 4.78 is 5.16. The van der Waals surface area contributed by atoms with Crippen molar-refractivity contribution in [3.8, 4) is 5.75 Å². The molecule has 0 unspecified atom stereocenters. The molecule has 0 saturated heterocycles. The van der Waals surface area contributed by atoms with Crippen LogP contribution in [0.25, 0.3) is 0 Å².